The average Bonchev–Trinajstić information content (AvgIpc) is 2.97. The smallest absolute Gasteiger partial charge is 0.171 e. The van der Waals surface area contributed by atoms with E-state index >= 15 is 4.57 Å². The van der Waals surface area contributed by atoms with Crippen LogP contribution >= 0.6 is 7.14 Å². The molecule has 0 fully saturated rings. The minimum absolute atomic E-state index is 0.836. The third-order valence-electron chi connectivity index (χ3n) is 6.77. The Labute approximate surface area is 212 Å². The van der Waals surface area contributed by atoms with Crippen LogP contribution in [-0.4, -0.2) is 0 Å². The van der Waals surface area contributed by atoms with Gasteiger partial charge in [-0.25, -0.2) is 0 Å². The van der Waals surface area contributed by atoms with Crippen LogP contribution in [-0.2, 0) is 4.57 Å². The molecule has 36 heavy (non-hydrogen) atoms. The molecule has 0 aliphatic heterocycles. The highest BCUT2D eigenvalue weighted by Crippen LogP contribution is 2.48. The Morgan fingerprint density at radius 3 is 1.58 bits per heavy atom. The lowest BCUT2D eigenvalue weighted by molar-refractivity contribution is 0.592. The SMILES string of the molecule is O=P(c1ccccc1)(c1ccccc1)c1cccc(-c2ccccc2)c1-c1cccc2ccccc12. The van der Waals surface area contributed by atoms with E-state index in [-0.39, 0.29) is 0 Å². The molecule has 0 heterocycles. The van der Waals surface area contributed by atoms with Gasteiger partial charge in [0.05, 0.1) is 0 Å². The summed E-state index contributed by atoms with van der Waals surface area (Å²) in [5, 5.41) is 4.85. The molecule has 0 aliphatic rings. The Bertz CT molecular complexity index is 1640. The van der Waals surface area contributed by atoms with Gasteiger partial charge in [-0.2, -0.15) is 0 Å². The molecule has 0 saturated carbocycles. The van der Waals surface area contributed by atoms with Gasteiger partial charge < -0.3 is 4.57 Å². The average molecular weight is 481 g/mol. The van der Waals surface area contributed by atoms with E-state index < -0.39 is 7.14 Å². The predicted molar refractivity (Wildman–Crippen MR) is 154 cm³/mol. The van der Waals surface area contributed by atoms with Crippen molar-refractivity contribution < 1.29 is 4.57 Å². The number of hydrogen-bond donors (Lipinski definition) is 0. The van der Waals surface area contributed by atoms with E-state index in [9.17, 15) is 0 Å². The fourth-order valence-electron chi connectivity index (χ4n) is 5.09. The lowest BCUT2D eigenvalue weighted by atomic mass is 9.91. The van der Waals surface area contributed by atoms with Crippen LogP contribution < -0.4 is 15.9 Å². The maximum atomic E-state index is 15.5. The third-order valence-corrected chi connectivity index (χ3v) is 9.87. The Kier molecular flexibility index (Phi) is 5.85. The molecule has 0 radical (unpaired) electrons. The first-order chi connectivity index (χ1) is 17.8. The van der Waals surface area contributed by atoms with E-state index in [0.29, 0.717) is 0 Å². The molecule has 0 bridgehead atoms. The van der Waals surface area contributed by atoms with Crippen LogP contribution in [0.5, 0.6) is 0 Å². The van der Waals surface area contributed by atoms with E-state index in [1.807, 2.05) is 72.8 Å². The summed E-state index contributed by atoms with van der Waals surface area (Å²) in [6.07, 6.45) is 0. The summed E-state index contributed by atoms with van der Waals surface area (Å²) in [6, 6.07) is 51.3. The zero-order chi connectivity index (χ0) is 24.4. The van der Waals surface area contributed by atoms with Gasteiger partial charge in [0.15, 0.2) is 7.14 Å². The summed E-state index contributed by atoms with van der Waals surface area (Å²) < 4.78 is 15.5. The van der Waals surface area contributed by atoms with Crippen LogP contribution in [0.3, 0.4) is 0 Å². The summed E-state index contributed by atoms with van der Waals surface area (Å²) in [6.45, 7) is 0. The molecule has 6 aromatic rings. The number of rotatable bonds is 5. The Balaban J connectivity index is 1.77. The van der Waals surface area contributed by atoms with Gasteiger partial charge in [0.2, 0.25) is 0 Å². The molecule has 0 amide bonds. The summed E-state index contributed by atoms with van der Waals surface area (Å²) in [4.78, 5) is 0. The van der Waals surface area contributed by atoms with Crippen molar-refractivity contribution in [2.45, 2.75) is 0 Å². The first kappa shape index (κ1) is 22.3. The lowest BCUT2D eigenvalue weighted by Crippen LogP contribution is -2.26. The maximum Gasteiger partial charge on any atom is 0.171 e. The van der Waals surface area contributed by atoms with Crippen molar-refractivity contribution in [3.05, 3.63) is 152 Å². The van der Waals surface area contributed by atoms with Crippen LogP contribution in [0.25, 0.3) is 33.0 Å². The second kappa shape index (κ2) is 9.46. The molecule has 1 nitrogen and oxygen atoms in total. The van der Waals surface area contributed by atoms with Crippen molar-refractivity contribution in [3.8, 4) is 22.3 Å². The van der Waals surface area contributed by atoms with Crippen LogP contribution in [0, 0.1) is 0 Å². The zero-order valence-corrected chi connectivity index (χ0v) is 20.7. The van der Waals surface area contributed by atoms with E-state index in [4.69, 9.17) is 0 Å². The van der Waals surface area contributed by atoms with Crippen LogP contribution in [0.15, 0.2) is 152 Å². The molecule has 0 spiro atoms. The molecular weight excluding hydrogens is 455 g/mol. The third kappa shape index (κ3) is 3.79. The van der Waals surface area contributed by atoms with Gasteiger partial charge in [-0.3, -0.25) is 0 Å². The van der Waals surface area contributed by atoms with E-state index in [2.05, 4.69) is 78.9 Å². The quantitative estimate of drug-likeness (QED) is 0.230. The number of fused-ring (bicyclic) bond motifs is 1. The zero-order valence-electron chi connectivity index (χ0n) is 19.8. The van der Waals surface area contributed by atoms with Crippen molar-refractivity contribution in [1.82, 2.24) is 0 Å². The number of hydrogen-bond acceptors (Lipinski definition) is 1. The summed E-state index contributed by atoms with van der Waals surface area (Å²) in [5.41, 5.74) is 4.30. The van der Waals surface area contributed by atoms with Gasteiger partial charge in [0.1, 0.15) is 0 Å². The predicted octanol–water partition coefficient (Wildman–Crippen LogP) is 7.81. The summed E-state index contributed by atoms with van der Waals surface area (Å²) >= 11 is 0. The Morgan fingerprint density at radius 2 is 0.917 bits per heavy atom. The van der Waals surface area contributed by atoms with Gasteiger partial charge in [0, 0.05) is 21.5 Å². The molecule has 172 valence electrons. The van der Waals surface area contributed by atoms with Crippen molar-refractivity contribution in [1.29, 1.82) is 0 Å². The largest absolute Gasteiger partial charge is 0.309 e. The molecule has 0 aliphatic carbocycles. The van der Waals surface area contributed by atoms with Gasteiger partial charge in [0.25, 0.3) is 0 Å². The minimum atomic E-state index is -3.20. The highest BCUT2D eigenvalue weighted by atomic mass is 31.2. The molecule has 0 atom stereocenters. The van der Waals surface area contributed by atoms with Gasteiger partial charge in [-0.1, -0.05) is 152 Å². The normalized spacial score (nSPS) is 11.4. The molecule has 0 aromatic heterocycles. The van der Waals surface area contributed by atoms with Crippen molar-refractivity contribution >= 4 is 33.8 Å². The number of benzene rings is 6. The molecule has 6 rings (SSSR count). The fourth-order valence-corrected chi connectivity index (χ4v) is 7.98. The van der Waals surface area contributed by atoms with E-state index in [1.54, 1.807) is 0 Å². The molecule has 0 saturated heterocycles. The highest BCUT2D eigenvalue weighted by Gasteiger charge is 2.33. The van der Waals surface area contributed by atoms with Gasteiger partial charge in [-0.15, -0.1) is 0 Å². The van der Waals surface area contributed by atoms with Crippen molar-refractivity contribution in [2.24, 2.45) is 0 Å². The minimum Gasteiger partial charge on any atom is -0.309 e. The van der Waals surface area contributed by atoms with E-state index in [1.165, 1.54) is 0 Å². The molecule has 6 aromatic carbocycles. The first-order valence-corrected chi connectivity index (χ1v) is 13.9. The maximum absolute atomic E-state index is 15.5. The van der Waals surface area contributed by atoms with Crippen molar-refractivity contribution in [3.63, 3.8) is 0 Å². The Morgan fingerprint density at radius 1 is 0.417 bits per heavy atom. The van der Waals surface area contributed by atoms with Crippen LogP contribution in [0.1, 0.15) is 0 Å². The van der Waals surface area contributed by atoms with E-state index in [0.717, 1.165) is 48.9 Å². The fraction of sp³-hybridized carbons (Fsp3) is 0. The second-order valence-electron chi connectivity index (χ2n) is 8.87. The monoisotopic (exact) mass is 480 g/mol. The molecule has 0 N–H and O–H groups in total. The second-order valence-corrected chi connectivity index (χ2v) is 11.6. The van der Waals surface area contributed by atoms with Gasteiger partial charge in [-0.05, 0) is 27.5 Å². The van der Waals surface area contributed by atoms with Gasteiger partial charge >= 0.3 is 0 Å². The summed E-state index contributed by atoms with van der Waals surface area (Å²) in [5.74, 6) is 0. The van der Waals surface area contributed by atoms with Crippen LogP contribution in [0.2, 0.25) is 0 Å². The lowest BCUT2D eigenvalue weighted by Gasteiger charge is -2.25. The molecule has 2 heteroatoms. The summed E-state index contributed by atoms with van der Waals surface area (Å²) in [7, 11) is -3.20. The highest BCUT2D eigenvalue weighted by molar-refractivity contribution is 7.85. The molecule has 0 unspecified atom stereocenters. The standard InChI is InChI=1S/C34H25OP/c35-36(28-18-6-2-7-19-28,29-20-8-3-9-21-29)33-25-13-23-31(27-14-4-1-5-15-27)34(33)32-24-12-17-26-16-10-11-22-30(26)32/h1-25H. The van der Waals surface area contributed by atoms with Crippen molar-refractivity contribution in [2.75, 3.05) is 0 Å². The first-order valence-electron chi connectivity index (χ1n) is 12.2. The topological polar surface area (TPSA) is 17.1 Å². The van der Waals surface area contributed by atoms with Crippen LogP contribution in [0.4, 0.5) is 0 Å². The molecular formula is C34H25OP. The Hall–Kier alpha value is -4.19.